The summed E-state index contributed by atoms with van der Waals surface area (Å²) >= 11 is 0. The highest BCUT2D eigenvalue weighted by atomic mass is 16.6. The van der Waals surface area contributed by atoms with Crippen LogP contribution >= 0.6 is 0 Å². The Hall–Kier alpha value is -1.96. The molecule has 112 valence electrons. The summed E-state index contributed by atoms with van der Waals surface area (Å²) in [7, 11) is 0. The van der Waals surface area contributed by atoms with Crippen molar-refractivity contribution in [2.24, 2.45) is 0 Å². The Balaban J connectivity index is 3.23. The van der Waals surface area contributed by atoms with Crippen LogP contribution in [0.5, 0.6) is 0 Å². The number of hydrogen-bond donors (Lipinski definition) is 3. The fourth-order valence-electron chi connectivity index (χ4n) is 1.88. The van der Waals surface area contributed by atoms with E-state index >= 15 is 0 Å². The molecular weight excluding hydrogens is 262 g/mol. The molecule has 1 rings (SSSR count). The number of nitro groups is 1. The predicted octanol–water partition coefficient (Wildman–Crippen LogP) is 1.78. The Morgan fingerprint density at radius 1 is 1.30 bits per heavy atom. The summed E-state index contributed by atoms with van der Waals surface area (Å²) in [5.74, 6) is 0.299. The summed E-state index contributed by atoms with van der Waals surface area (Å²) < 4.78 is 0. The number of aromatic nitrogens is 2. The fourth-order valence-corrected chi connectivity index (χ4v) is 1.88. The van der Waals surface area contributed by atoms with Crippen molar-refractivity contribution in [1.82, 2.24) is 9.97 Å². The van der Waals surface area contributed by atoms with Crippen LogP contribution in [-0.2, 0) is 0 Å². The van der Waals surface area contributed by atoms with E-state index in [-0.39, 0.29) is 23.9 Å². The topological polar surface area (TPSA) is 113 Å². The van der Waals surface area contributed by atoms with Gasteiger partial charge in [-0.05, 0) is 19.8 Å². The van der Waals surface area contributed by atoms with Crippen molar-refractivity contribution in [2.45, 2.75) is 39.2 Å². The molecule has 0 radical (unpaired) electrons. The normalized spacial score (nSPS) is 11.2. The van der Waals surface area contributed by atoms with Gasteiger partial charge in [-0.2, -0.15) is 0 Å². The largest absolute Gasteiger partial charge is 0.394 e. The molecule has 0 fully saturated rings. The summed E-state index contributed by atoms with van der Waals surface area (Å²) in [5.41, 5.74) is -0.822. The van der Waals surface area contributed by atoms with Gasteiger partial charge in [0.05, 0.1) is 17.1 Å². The molecule has 0 atom stereocenters. The minimum atomic E-state index is -0.622. The number of nitrogens with one attached hydrogen (secondary N) is 2. The highest BCUT2D eigenvalue weighted by Crippen LogP contribution is 2.32. The van der Waals surface area contributed by atoms with E-state index in [1.54, 1.807) is 0 Å². The summed E-state index contributed by atoms with van der Waals surface area (Å²) in [5, 5.41) is 26.6. The van der Waals surface area contributed by atoms with Gasteiger partial charge >= 0.3 is 5.69 Å². The van der Waals surface area contributed by atoms with Gasteiger partial charge in [0.15, 0.2) is 0 Å². The molecule has 1 aromatic heterocycles. The monoisotopic (exact) mass is 283 g/mol. The third-order valence-corrected chi connectivity index (χ3v) is 3.39. The molecule has 0 bridgehead atoms. The molecule has 1 heterocycles. The molecule has 8 heteroatoms. The maximum atomic E-state index is 11.3. The number of aliphatic hydroxyl groups excluding tert-OH is 1. The zero-order valence-corrected chi connectivity index (χ0v) is 12.0. The van der Waals surface area contributed by atoms with Gasteiger partial charge in [0.1, 0.15) is 6.33 Å². The van der Waals surface area contributed by atoms with Crippen LogP contribution in [0.25, 0.3) is 0 Å². The van der Waals surface area contributed by atoms with E-state index in [1.807, 2.05) is 20.8 Å². The molecule has 20 heavy (non-hydrogen) atoms. The van der Waals surface area contributed by atoms with Gasteiger partial charge in [-0.25, -0.2) is 9.97 Å². The van der Waals surface area contributed by atoms with E-state index < -0.39 is 10.5 Å². The first-order valence-electron chi connectivity index (χ1n) is 6.65. The molecule has 3 N–H and O–H groups in total. The van der Waals surface area contributed by atoms with Crippen molar-refractivity contribution in [1.29, 1.82) is 0 Å². The minimum Gasteiger partial charge on any atom is -0.394 e. The molecule has 0 saturated carbocycles. The van der Waals surface area contributed by atoms with E-state index in [0.717, 1.165) is 0 Å². The van der Waals surface area contributed by atoms with Gasteiger partial charge in [-0.3, -0.25) is 10.1 Å². The Labute approximate surface area is 117 Å². The number of nitrogens with zero attached hydrogens (tertiary/aromatic N) is 3. The maximum Gasteiger partial charge on any atom is 0.353 e. The molecule has 0 aliphatic carbocycles. The zero-order chi connectivity index (χ0) is 15.2. The van der Waals surface area contributed by atoms with Crippen molar-refractivity contribution in [2.75, 3.05) is 23.8 Å². The summed E-state index contributed by atoms with van der Waals surface area (Å²) in [6.07, 6.45) is 2.51. The van der Waals surface area contributed by atoms with Crippen LogP contribution in [0.2, 0.25) is 0 Å². The lowest BCUT2D eigenvalue weighted by Gasteiger charge is -2.31. The highest BCUT2D eigenvalue weighted by Gasteiger charge is 2.31. The van der Waals surface area contributed by atoms with Gasteiger partial charge < -0.3 is 15.7 Å². The van der Waals surface area contributed by atoms with Crippen molar-refractivity contribution in [3.8, 4) is 0 Å². The zero-order valence-electron chi connectivity index (χ0n) is 12.0. The molecule has 0 unspecified atom stereocenters. The van der Waals surface area contributed by atoms with Crippen molar-refractivity contribution >= 4 is 17.3 Å². The lowest BCUT2D eigenvalue weighted by Crippen LogP contribution is -2.41. The molecule has 0 amide bonds. The average Bonchev–Trinajstić information content (AvgIpc) is 2.45. The number of hydrogen-bond acceptors (Lipinski definition) is 7. The SMILES string of the molecule is CCNc1ncnc(NC(CC)(CC)CO)c1[N+](=O)[O-]. The second-order valence-electron chi connectivity index (χ2n) is 4.48. The van der Waals surface area contributed by atoms with E-state index in [1.165, 1.54) is 6.33 Å². The van der Waals surface area contributed by atoms with Crippen LogP contribution < -0.4 is 10.6 Å². The van der Waals surface area contributed by atoms with E-state index in [9.17, 15) is 15.2 Å². The minimum absolute atomic E-state index is 0.124. The van der Waals surface area contributed by atoms with Crippen LogP contribution in [0.4, 0.5) is 17.3 Å². The lowest BCUT2D eigenvalue weighted by molar-refractivity contribution is -0.383. The standard InChI is InChI=1S/C12H21N5O3/c1-4-12(5-2,7-18)16-11-9(17(19)20)10(13-6-3)14-8-15-11/h8,18H,4-7H2,1-3H3,(H2,13,14,15,16). The molecule has 0 saturated heterocycles. The third kappa shape index (κ3) is 3.32. The van der Waals surface area contributed by atoms with Gasteiger partial charge in [0.25, 0.3) is 0 Å². The van der Waals surface area contributed by atoms with Gasteiger partial charge in [-0.15, -0.1) is 0 Å². The van der Waals surface area contributed by atoms with Crippen LogP contribution in [0.1, 0.15) is 33.6 Å². The molecule has 0 aromatic carbocycles. The molecular formula is C12H21N5O3. The predicted molar refractivity (Wildman–Crippen MR) is 76.9 cm³/mol. The number of anilines is 2. The summed E-state index contributed by atoms with van der Waals surface area (Å²) in [4.78, 5) is 18.6. The first kappa shape index (κ1) is 16.1. The average molecular weight is 283 g/mol. The molecule has 0 aliphatic heterocycles. The van der Waals surface area contributed by atoms with Crippen molar-refractivity contribution in [3.63, 3.8) is 0 Å². The van der Waals surface area contributed by atoms with Gasteiger partial charge in [0.2, 0.25) is 11.6 Å². The van der Waals surface area contributed by atoms with Gasteiger partial charge in [-0.1, -0.05) is 13.8 Å². The second kappa shape index (κ2) is 6.99. The smallest absolute Gasteiger partial charge is 0.353 e. The highest BCUT2D eigenvalue weighted by molar-refractivity contribution is 5.69. The Kier molecular flexibility index (Phi) is 5.63. The Bertz CT molecular complexity index is 454. The lowest BCUT2D eigenvalue weighted by atomic mass is 9.94. The molecule has 0 aliphatic rings. The van der Waals surface area contributed by atoms with Crippen molar-refractivity contribution in [3.05, 3.63) is 16.4 Å². The molecule has 8 nitrogen and oxygen atoms in total. The molecule has 0 spiro atoms. The number of rotatable bonds is 8. The van der Waals surface area contributed by atoms with E-state index in [4.69, 9.17) is 0 Å². The van der Waals surface area contributed by atoms with Gasteiger partial charge in [0, 0.05) is 6.54 Å². The Morgan fingerprint density at radius 2 is 1.90 bits per heavy atom. The van der Waals surface area contributed by atoms with Crippen LogP contribution in [-0.4, -0.2) is 38.7 Å². The second-order valence-corrected chi connectivity index (χ2v) is 4.48. The first-order chi connectivity index (χ1) is 9.53. The third-order valence-electron chi connectivity index (χ3n) is 3.39. The quantitative estimate of drug-likeness (QED) is 0.492. The van der Waals surface area contributed by atoms with Crippen LogP contribution in [0, 0.1) is 10.1 Å². The summed E-state index contributed by atoms with van der Waals surface area (Å²) in [6.45, 7) is 6.03. The Morgan fingerprint density at radius 3 is 2.35 bits per heavy atom. The molecule has 1 aromatic rings. The summed E-state index contributed by atoms with van der Waals surface area (Å²) in [6, 6.07) is 0. The number of aliphatic hydroxyl groups is 1. The maximum absolute atomic E-state index is 11.3. The van der Waals surface area contributed by atoms with Crippen molar-refractivity contribution < 1.29 is 10.0 Å². The fraction of sp³-hybridized carbons (Fsp3) is 0.667. The first-order valence-corrected chi connectivity index (χ1v) is 6.65. The van der Waals surface area contributed by atoms with Crippen LogP contribution in [0.3, 0.4) is 0 Å². The van der Waals surface area contributed by atoms with E-state index in [0.29, 0.717) is 19.4 Å². The van der Waals surface area contributed by atoms with Crippen LogP contribution in [0.15, 0.2) is 6.33 Å². The van der Waals surface area contributed by atoms with E-state index in [2.05, 4.69) is 20.6 Å².